The second kappa shape index (κ2) is 11.0. The molecular weight excluding hydrogens is 1350 g/mol. The second-order valence-corrected chi connectivity index (χ2v) is 38.2. The highest BCUT2D eigenvalue weighted by atomic mass is 16.6. The summed E-state index contributed by atoms with van der Waals surface area (Å²) in [4.78, 5) is 78.2. The first kappa shape index (κ1) is 45.8. The molecule has 9 heterocycles. The summed E-state index contributed by atoms with van der Waals surface area (Å²) in [6, 6.07) is 9.19. The Balaban J connectivity index is 0.858. The lowest BCUT2D eigenvalue weighted by molar-refractivity contribution is -0.168. The number of aryl methyl sites for hydroxylation is 2. The maximum Gasteiger partial charge on any atom is 0.326 e. The van der Waals surface area contributed by atoms with E-state index < -0.39 is 56.4 Å². The van der Waals surface area contributed by atoms with E-state index in [1.165, 1.54) is 351 Å². The molecule has 50 rings (SSSR count). The average molecular weight is 1380 g/mol. The van der Waals surface area contributed by atoms with Crippen LogP contribution in [0.3, 0.4) is 0 Å². The third-order valence-corrected chi connectivity index (χ3v) is 37.3. The van der Waals surface area contributed by atoms with Gasteiger partial charge >= 0.3 is 23.9 Å². The van der Waals surface area contributed by atoms with Gasteiger partial charge in [0, 0.05) is 24.5 Å². The maximum atomic E-state index is 18.6. The van der Waals surface area contributed by atoms with Crippen molar-refractivity contribution in [2.45, 2.75) is 75.7 Å². The van der Waals surface area contributed by atoms with Crippen molar-refractivity contribution < 1.29 is 38.1 Å². The minimum atomic E-state index is -1.95. The summed E-state index contributed by atoms with van der Waals surface area (Å²) in [6.07, 6.45) is 0. The fraction of sp³-hybridized carbons (Fsp3) is 0.172. The summed E-state index contributed by atoms with van der Waals surface area (Å²) in [6.45, 7) is 10.3. The fourth-order valence-electron chi connectivity index (χ4n) is 36.5. The number of rotatable bonds is 4. The summed E-state index contributed by atoms with van der Waals surface area (Å²) >= 11 is 0. The first-order valence-corrected chi connectivity index (χ1v) is 39.9. The van der Waals surface area contributed by atoms with E-state index in [-0.39, 0.29) is 26.4 Å². The molecule has 9 aliphatic heterocycles. The molecule has 19 aliphatic rings. The molecule has 25 bridgehead atoms. The van der Waals surface area contributed by atoms with E-state index in [0.717, 1.165) is 50.3 Å². The molecule has 31 aromatic carbocycles. The van der Waals surface area contributed by atoms with Crippen molar-refractivity contribution in [1.82, 2.24) is 0 Å². The number of benzene rings is 23. The lowest BCUT2D eigenvalue weighted by atomic mass is 9.66. The zero-order valence-electron chi connectivity index (χ0n) is 57.4. The number of carbonyl (C=O) groups is 4. The number of hydrogen-bond donors (Lipinski definition) is 0. The SMILES string of the molecule is CCOC(=O)[C@]12C(=O)OCc3cc4c(cc3C)CN3CN4Cc4cc(C)c(cc43)COC(=O)[C@]3(C(=O)OCC)C45c6c7c8c9c%10c%11c(c%12c%13c4c4c6c6c%14c%15c%16c%17c%18c%19c%20c%21c%22c%23c%24c(c%15c(c7%14)c7c8c8c%10c%10c%14c%11c%11c%12c%12c%13c%13c4c(c%176)c4c%18c6c%20c%15c%21c%17c%23c(c8c%247)c%10c%17c7c%15c8c6c(c%134)c%12c8c%11c%147)C%221C%16%192)C953. The van der Waals surface area contributed by atoms with Crippen LogP contribution >= 0.6 is 0 Å². The number of esters is 4. The van der Waals surface area contributed by atoms with E-state index in [1.807, 2.05) is 13.8 Å². The van der Waals surface area contributed by atoms with Gasteiger partial charge < -0.3 is 28.7 Å². The first-order chi connectivity index (χ1) is 53.7. The van der Waals surface area contributed by atoms with Gasteiger partial charge in [-0.25, -0.2) is 0 Å². The molecule has 6 atom stereocenters. The predicted octanol–water partition coefficient (Wildman–Crippen LogP) is 20.7. The highest BCUT2D eigenvalue weighted by Crippen LogP contribution is 3.00. The minimum absolute atomic E-state index is 0.0116. The fourth-order valence-corrected chi connectivity index (χ4v) is 36.5. The van der Waals surface area contributed by atoms with Crippen LogP contribution in [0.4, 0.5) is 11.4 Å². The van der Waals surface area contributed by atoms with Crippen LogP contribution in [-0.2, 0) is 86.1 Å². The summed E-state index contributed by atoms with van der Waals surface area (Å²) < 4.78 is 29.4. The molecule has 0 N–H and O–H groups in total. The van der Waals surface area contributed by atoms with Gasteiger partial charge in [-0.2, -0.15) is 0 Å². The van der Waals surface area contributed by atoms with E-state index in [0.29, 0.717) is 19.8 Å². The summed E-state index contributed by atoms with van der Waals surface area (Å²) in [5, 5.41) is 76.1. The van der Waals surface area contributed by atoms with Crippen LogP contribution in [0.15, 0.2) is 24.3 Å². The van der Waals surface area contributed by atoms with Crippen LogP contribution in [0.25, 0.3) is 312 Å². The normalized spacial score (nSPS) is 26.7. The van der Waals surface area contributed by atoms with Crippen LogP contribution in [0.1, 0.15) is 91.7 Å². The first-order valence-electron chi connectivity index (χ1n) is 39.9. The summed E-state index contributed by atoms with van der Waals surface area (Å²) in [5.74, 6) is -1.89. The molecule has 10 nitrogen and oxygen atoms in total. The molecule has 4 unspecified atom stereocenters. The number of ether oxygens (including phenoxy) is 4. The predicted molar refractivity (Wildman–Crippen MR) is 428 cm³/mol. The van der Waals surface area contributed by atoms with E-state index in [2.05, 4.69) is 47.9 Å². The van der Waals surface area contributed by atoms with E-state index >= 15 is 19.2 Å². The highest BCUT2D eigenvalue weighted by molar-refractivity contribution is 6.81. The average Bonchev–Trinajstić information content (AvgIpc) is 1.37. The third kappa shape index (κ3) is 2.67. The quantitative estimate of drug-likeness (QED) is 0.0555. The van der Waals surface area contributed by atoms with Crippen LogP contribution in [0.2, 0.25) is 0 Å². The van der Waals surface area contributed by atoms with Crippen molar-refractivity contribution in [3.8, 4) is 0 Å². The van der Waals surface area contributed by atoms with Gasteiger partial charge in [-0.3, -0.25) is 19.2 Å². The number of carbonyl (C=O) groups excluding carboxylic acids is 4. The van der Waals surface area contributed by atoms with Crippen molar-refractivity contribution in [2.75, 3.05) is 29.7 Å². The number of anilines is 2. The van der Waals surface area contributed by atoms with Crippen molar-refractivity contribution in [2.24, 2.45) is 10.8 Å². The van der Waals surface area contributed by atoms with Gasteiger partial charge in [-0.15, -0.1) is 0 Å². The Morgan fingerprint density at radius 2 is 0.477 bits per heavy atom. The Hall–Kier alpha value is -12.7. The Bertz CT molecular complexity index is 10700. The Morgan fingerprint density at radius 3 is 0.661 bits per heavy atom. The van der Waals surface area contributed by atoms with Gasteiger partial charge in [0.2, 0.25) is 0 Å². The smallest absolute Gasteiger partial charge is 0.326 e. The van der Waals surface area contributed by atoms with E-state index in [4.69, 9.17) is 18.9 Å². The van der Waals surface area contributed by atoms with Crippen LogP contribution < -0.4 is 9.80 Å². The monoisotopic (exact) mass is 1370 g/mol. The van der Waals surface area contributed by atoms with Gasteiger partial charge in [0.1, 0.15) is 13.2 Å². The molecule has 484 valence electrons. The maximum absolute atomic E-state index is 18.6. The molecule has 10 aliphatic carbocycles. The van der Waals surface area contributed by atoms with Gasteiger partial charge in [0.05, 0.1) is 41.5 Å². The molecule has 31 aromatic rings. The Morgan fingerprint density at radius 1 is 0.294 bits per heavy atom. The van der Waals surface area contributed by atoms with Crippen molar-refractivity contribution in [1.29, 1.82) is 0 Å². The van der Waals surface area contributed by atoms with Crippen LogP contribution in [0.5, 0.6) is 0 Å². The van der Waals surface area contributed by atoms with E-state index in [9.17, 15) is 0 Å². The largest absolute Gasteiger partial charge is 0.465 e. The molecule has 4 spiro atoms. The molecule has 0 aromatic heterocycles. The zero-order valence-corrected chi connectivity index (χ0v) is 57.4. The number of nitrogens with zero attached hydrogens (tertiary/aromatic N) is 2. The molecule has 0 amide bonds. The standard InChI is InChI=1S/C99H30N2O8/c1-5-106-90(102)98-92(104)108-13-20-9-22-18(7-16(20)3)11-101-15-100(22)12-19-8-17(4)21(10-23(19)101)14-109-93(105)99(91(103)107-6-2)95-83-67-51-38-34-33-26-28-32-25-24-29(26)44-55-41-30(24)27-31(25)45-56-42(32)50-36(28)37(34)52-47-40(38)54-49-60(47)76-80-64-62(49)78(87(95)70(54)67)81-65(64)63-61-48-39(53(41)69-77(61)88(81)96(95,99)85(69)73(55)72(83)57(44)43(33)51)35(27)46-58(45)74-71(56)82-66(50)68(52)84(76)94(82,98)97(98)86(74)75(59(46)48)79(63)89(80)97/h7-10H,5-6,11-15H2,1-4H3/t94?,95?,96?,97?,98-,99-/m0/s1. The second-order valence-electron chi connectivity index (χ2n) is 38.2. The molecular formula is C99H30N2O8. The van der Waals surface area contributed by atoms with E-state index in [1.54, 1.807) is 0 Å². The Labute approximate surface area is 600 Å². The third-order valence-electron chi connectivity index (χ3n) is 37.3. The zero-order chi connectivity index (χ0) is 67.8. The van der Waals surface area contributed by atoms with Gasteiger partial charge in [0.25, 0.3) is 0 Å². The molecule has 109 heavy (non-hydrogen) atoms. The lowest BCUT2D eigenvalue weighted by Gasteiger charge is -2.45. The van der Waals surface area contributed by atoms with Gasteiger partial charge in [0.15, 0.2) is 10.8 Å². The van der Waals surface area contributed by atoms with Crippen molar-refractivity contribution in [3.05, 3.63) is 102 Å². The molecule has 0 saturated heterocycles. The Kier molecular flexibility index (Phi) is 4.60. The minimum Gasteiger partial charge on any atom is -0.465 e. The highest BCUT2D eigenvalue weighted by Gasteiger charge is 3.04. The topological polar surface area (TPSA) is 112 Å². The van der Waals surface area contributed by atoms with Crippen molar-refractivity contribution >= 4 is 348 Å². The number of hydrogen-bond acceptors (Lipinski definition) is 10. The van der Waals surface area contributed by atoms with Gasteiger partial charge in [-0.05, 0) is 430 Å². The van der Waals surface area contributed by atoms with Gasteiger partial charge in [-0.1, -0.05) is 12.1 Å². The summed E-state index contributed by atoms with van der Waals surface area (Å²) in [5.41, 5.74) is 8.70. The molecule has 2 saturated carbocycles. The molecule has 10 heteroatoms. The summed E-state index contributed by atoms with van der Waals surface area (Å²) in [7, 11) is 0. The molecule has 2 fully saturated rings. The molecule has 0 radical (unpaired) electrons. The van der Waals surface area contributed by atoms with Crippen molar-refractivity contribution in [3.63, 3.8) is 0 Å². The van der Waals surface area contributed by atoms with Crippen LogP contribution in [0, 0.1) is 24.7 Å². The lowest BCUT2D eigenvalue weighted by Crippen LogP contribution is -2.46. The van der Waals surface area contributed by atoms with Crippen LogP contribution in [-0.4, -0.2) is 43.8 Å².